The van der Waals surface area contributed by atoms with Crippen molar-refractivity contribution in [3.05, 3.63) is 0 Å². The number of piperidine rings is 1. The molecule has 1 aliphatic carbocycles. The third kappa shape index (κ3) is 3.68. The van der Waals surface area contributed by atoms with Crippen molar-refractivity contribution in [1.29, 1.82) is 0 Å². The van der Waals surface area contributed by atoms with Crippen molar-refractivity contribution in [3.63, 3.8) is 0 Å². The molecule has 2 N–H and O–H groups in total. The van der Waals surface area contributed by atoms with Gasteiger partial charge < -0.3 is 5.32 Å². The highest BCUT2D eigenvalue weighted by Gasteiger charge is 2.31. The van der Waals surface area contributed by atoms with E-state index in [4.69, 9.17) is 0 Å². The van der Waals surface area contributed by atoms with Crippen LogP contribution in [0.25, 0.3) is 0 Å². The van der Waals surface area contributed by atoms with Crippen molar-refractivity contribution in [2.75, 3.05) is 13.1 Å². The van der Waals surface area contributed by atoms with Gasteiger partial charge in [0.05, 0.1) is 5.25 Å². The predicted molar refractivity (Wildman–Crippen MR) is 74.0 cm³/mol. The predicted octanol–water partition coefficient (Wildman–Crippen LogP) is 1.63. The van der Waals surface area contributed by atoms with Crippen LogP contribution >= 0.6 is 0 Å². The van der Waals surface area contributed by atoms with Gasteiger partial charge in [0.1, 0.15) is 0 Å². The van der Waals surface area contributed by atoms with Crippen LogP contribution in [0.5, 0.6) is 0 Å². The highest BCUT2D eigenvalue weighted by atomic mass is 32.2. The monoisotopic (exact) mass is 274 g/mol. The summed E-state index contributed by atoms with van der Waals surface area (Å²) in [6.45, 7) is 3.76. The summed E-state index contributed by atoms with van der Waals surface area (Å²) in [6.07, 6.45) is 7.39. The van der Waals surface area contributed by atoms with E-state index in [1.54, 1.807) is 0 Å². The Morgan fingerprint density at radius 2 is 2.06 bits per heavy atom. The molecule has 18 heavy (non-hydrogen) atoms. The molecule has 106 valence electrons. The zero-order valence-electron chi connectivity index (χ0n) is 11.3. The van der Waals surface area contributed by atoms with Crippen molar-refractivity contribution in [3.8, 4) is 0 Å². The van der Waals surface area contributed by atoms with Crippen LogP contribution < -0.4 is 10.0 Å². The molecule has 5 heteroatoms. The van der Waals surface area contributed by atoms with E-state index in [2.05, 4.69) is 17.0 Å². The largest absolute Gasteiger partial charge is 0.315 e. The first-order valence-corrected chi connectivity index (χ1v) is 8.88. The molecule has 4 nitrogen and oxygen atoms in total. The van der Waals surface area contributed by atoms with E-state index in [1.165, 1.54) is 12.8 Å². The first-order chi connectivity index (χ1) is 8.62. The number of rotatable bonds is 4. The minimum absolute atomic E-state index is 0.177. The Bertz CT molecular complexity index is 350. The summed E-state index contributed by atoms with van der Waals surface area (Å²) in [4.78, 5) is 0. The molecule has 0 aromatic heterocycles. The van der Waals surface area contributed by atoms with Gasteiger partial charge in [-0.1, -0.05) is 26.2 Å². The Morgan fingerprint density at radius 1 is 1.22 bits per heavy atom. The molecule has 2 aliphatic rings. The van der Waals surface area contributed by atoms with Gasteiger partial charge in [-0.25, -0.2) is 13.1 Å². The Kier molecular flexibility index (Phi) is 5.04. The Hall–Kier alpha value is -0.130. The zero-order valence-corrected chi connectivity index (χ0v) is 12.1. The van der Waals surface area contributed by atoms with Gasteiger partial charge in [0, 0.05) is 12.6 Å². The Balaban J connectivity index is 1.90. The third-order valence-electron chi connectivity index (χ3n) is 4.38. The first kappa shape index (κ1) is 14.3. The highest BCUT2D eigenvalue weighted by Crippen LogP contribution is 2.27. The summed E-state index contributed by atoms with van der Waals surface area (Å²) in [7, 11) is -3.13. The maximum absolute atomic E-state index is 12.3. The van der Waals surface area contributed by atoms with Gasteiger partial charge in [-0.05, 0) is 38.1 Å². The summed E-state index contributed by atoms with van der Waals surface area (Å²) in [5.41, 5.74) is 0. The molecule has 3 atom stereocenters. The Labute approximate surface area is 111 Å². The fourth-order valence-electron chi connectivity index (χ4n) is 3.18. The summed E-state index contributed by atoms with van der Waals surface area (Å²) in [5.74, 6) is 0.705. The molecule has 0 spiro atoms. The molecule has 0 bridgehead atoms. The SMILES string of the molecule is CCC1CCCC(NS(=O)(=O)C2CCCNC2)C1. The second-order valence-corrected chi connectivity index (χ2v) is 7.76. The van der Waals surface area contributed by atoms with Crippen molar-refractivity contribution < 1.29 is 8.42 Å². The molecule has 2 fully saturated rings. The summed E-state index contributed by atoms with van der Waals surface area (Å²) < 4.78 is 27.6. The van der Waals surface area contributed by atoms with Crippen molar-refractivity contribution >= 4 is 10.0 Å². The maximum atomic E-state index is 12.3. The second kappa shape index (κ2) is 6.35. The van der Waals surface area contributed by atoms with E-state index < -0.39 is 10.0 Å². The minimum Gasteiger partial charge on any atom is -0.315 e. The number of hydrogen-bond acceptors (Lipinski definition) is 3. The maximum Gasteiger partial charge on any atom is 0.215 e. The van der Waals surface area contributed by atoms with Gasteiger partial charge in [0.25, 0.3) is 0 Å². The second-order valence-electron chi connectivity index (χ2n) is 5.77. The number of sulfonamides is 1. The first-order valence-electron chi connectivity index (χ1n) is 7.33. The van der Waals surface area contributed by atoms with Crippen LogP contribution in [-0.4, -0.2) is 32.8 Å². The molecule has 0 radical (unpaired) electrons. The van der Waals surface area contributed by atoms with Crippen molar-refractivity contribution in [1.82, 2.24) is 10.0 Å². The van der Waals surface area contributed by atoms with E-state index in [0.29, 0.717) is 12.5 Å². The Morgan fingerprint density at radius 3 is 2.72 bits per heavy atom. The van der Waals surface area contributed by atoms with E-state index in [1.807, 2.05) is 0 Å². The number of nitrogens with one attached hydrogen (secondary N) is 2. The molecule has 3 unspecified atom stereocenters. The molecule has 1 saturated carbocycles. The van der Waals surface area contributed by atoms with Crippen LogP contribution in [0.15, 0.2) is 0 Å². The van der Waals surface area contributed by atoms with Gasteiger partial charge >= 0.3 is 0 Å². The summed E-state index contributed by atoms with van der Waals surface area (Å²) in [5, 5.41) is 2.95. The lowest BCUT2D eigenvalue weighted by atomic mass is 9.85. The average Bonchev–Trinajstić information content (AvgIpc) is 2.39. The van der Waals surface area contributed by atoms with Crippen molar-refractivity contribution in [2.45, 2.75) is 63.2 Å². The summed E-state index contributed by atoms with van der Waals surface area (Å²) >= 11 is 0. The minimum atomic E-state index is -3.13. The van der Waals surface area contributed by atoms with Gasteiger partial charge in [0.15, 0.2) is 0 Å². The van der Waals surface area contributed by atoms with E-state index in [-0.39, 0.29) is 11.3 Å². The normalized spacial score (nSPS) is 34.4. The van der Waals surface area contributed by atoms with Gasteiger partial charge in [-0.2, -0.15) is 0 Å². The third-order valence-corrected chi connectivity index (χ3v) is 6.32. The lowest BCUT2D eigenvalue weighted by molar-refractivity contribution is 0.300. The topological polar surface area (TPSA) is 58.2 Å². The van der Waals surface area contributed by atoms with Crippen molar-refractivity contribution in [2.24, 2.45) is 5.92 Å². The smallest absolute Gasteiger partial charge is 0.215 e. The molecule has 0 aromatic carbocycles. The number of hydrogen-bond donors (Lipinski definition) is 2. The van der Waals surface area contributed by atoms with Gasteiger partial charge in [0.2, 0.25) is 10.0 Å². The van der Waals surface area contributed by atoms with Crippen LogP contribution in [0.3, 0.4) is 0 Å². The molecule has 1 aliphatic heterocycles. The van der Waals surface area contributed by atoms with Crippen LogP contribution in [0.4, 0.5) is 0 Å². The van der Waals surface area contributed by atoms with Crippen LogP contribution in [0.1, 0.15) is 51.9 Å². The molecule has 1 saturated heterocycles. The lowest BCUT2D eigenvalue weighted by Crippen LogP contribution is -2.48. The molecular weight excluding hydrogens is 248 g/mol. The highest BCUT2D eigenvalue weighted by molar-refractivity contribution is 7.90. The standard InChI is InChI=1S/C13H26N2O2S/c1-2-11-5-3-6-12(9-11)15-18(16,17)13-7-4-8-14-10-13/h11-15H,2-10H2,1H3. The quantitative estimate of drug-likeness (QED) is 0.819. The molecular formula is C13H26N2O2S. The zero-order chi connectivity index (χ0) is 13.0. The fourth-order valence-corrected chi connectivity index (χ4v) is 4.87. The molecule has 0 aromatic rings. The fraction of sp³-hybridized carbons (Fsp3) is 1.00. The van der Waals surface area contributed by atoms with Crippen LogP contribution in [0.2, 0.25) is 0 Å². The molecule has 1 heterocycles. The van der Waals surface area contributed by atoms with E-state index >= 15 is 0 Å². The van der Waals surface area contributed by atoms with E-state index in [0.717, 1.165) is 38.6 Å². The molecule has 2 rings (SSSR count). The lowest BCUT2D eigenvalue weighted by Gasteiger charge is -2.31. The summed E-state index contributed by atoms with van der Waals surface area (Å²) in [6, 6.07) is 0.177. The molecule has 0 amide bonds. The van der Waals surface area contributed by atoms with Gasteiger partial charge in [-0.15, -0.1) is 0 Å². The average molecular weight is 274 g/mol. The van der Waals surface area contributed by atoms with Crippen LogP contribution in [-0.2, 0) is 10.0 Å². The van der Waals surface area contributed by atoms with E-state index in [9.17, 15) is 8.42 Å². The van der Waals surface area contributed by atoms with Crippen LogP contribution in [0, 0.1) is 5.92 Å². The van der Waals surface area contributed by atoms with Gasteiger partial charge in [-0.3, -0.25) is 0 Å².